The third kappa shape index (κ3) is 8.78. The summed E-state index contributed by atoms with van der Waals surface area (Å²) in [5.41, 5.74) is 6.72. The molecule has 190 valence electrons. The fourth-order valence-corrected chi connectivity index (χ4v) is 3.34. The quantitative estimate of drug-likeness (QED) is 0.291. The van der Waals surface area contributed by atoms with Gasteiger partial charge in [-0.15, -0.1) is 0 Å². The lowest BCUT2D eigenvalue weighted by Crippen LogP contribution is -2.59. The molecule has 0 aliphatic heterocycles. The van der Waals surface area contributed by atoms with Crippen molar-refractivity contribution in [3.8, 4) is 0 Å². The van der Waals surface area contributed by atoms with Crippen LogP contribution in [-0.2, 0) is 25.6 Å². The zero-order chi connectivity index (χ0) is 26.0. The normalized spacial score (nSPS) is 15.7. The molecule has 9 heteroatoms. The van der Waals surface area contributed by atoms with E-state index in [1.807, 2.05) is 51.1 Å². The molecule has 3 amide bonds. The molecular weight excluding hydrogens is 436 g/mol. The van der Waals surface area contributed by atoms with E-state index in [0.717, 1.165) is 5.56 Å². The SMILES string of the molecule is CCC(C)C(NC(=O)C(Cc1ccccc1)NC(=O)C(NC(=O)C(N)C(C)C)C(C)C)C(=O)O. The summed E-state index contributed by atoms with van der Waals surface area (Å²) in [7, 11) is 0. The van der Waals surface area contributed by atoms with E-state index < -0.39 is 47.9 Å². The third-order valence-corrected chi connectivity index (χ3v) is 5.96. The van der Waals surface area contributed by atoms with Crippen LogP contribution < -0.4 is 21.7 Å². The first-order valence-electron chi connectivity index (χ1n) is 11.8. The lowest BCUT2D eigenvalue weighted by molar-refractivity contribution is -0.143. The van der Waals surface area contributed by atoms with E-state index in [-0.39, 0.29) is 24.2 Å². The van der Waals surface area contributed by atoms with Gasteiger partial charge in [-0.1, -0.05) is 78.3 Å². The largest absolute Gasteiger partial charge is 0.480 e. The zero-order valence-electron chi connectivity index (χ0n) is 21.0. The van der Waals surface area contributed by atoms with Gasteiger partial charge in [0.25, 0.3) is 0 Å². The number of hydrogen-bond acceptors (Lipinski definition) is 5. The first kappa shape index (κ1) is 29.1. The Hall–Kier alpha value is -2.94. The maximum atomic E-state index is 13.2. The molecule has 0 fully saturated rings. The number of carbonyl (C=O) groups is 4. The molecule has 0 spiro atoms. The molecule has 0 radical (unpaired) electrons. The highest BCUT2D eigenvalue weighted by Gasteiger charge is 2.33. The summed E-state index contributed by atoms with van der Waals surface area (Å²) < 4.78 is 0. The predicted molar refractivity (Wildman–Crippen MR) is 131 cm³/mol. The molecule has 5 atom stereocenters. The monoisotopic (exact) mass is 476 g/mol. The number of nitrogens with two attached hydrogens (primary N) is 1. The van der Waals surface area contributed by atoms with Crippen LogP contribution in [0.2, 0.25) is 0 Å². The number of carbonyl (C=O) groups excluding carboxylic acids is 3. The van der Waals surface area contributed by atoms with Gasteiger partial charge < -0.3 is 26.8 Å². The van der Waals surface area contributed by atoms with Crippen molar-refractivity contribution in [1.82, 2.24) is 16.0 Å². The summed E-state index contributed by atoms with van der Waals surface area (Å²) >= 11 is 0. The molecule has 1 aromatic carbocycles. The van der Waals surface area contributed by atoms with Crippen molar-refractivity contribution in [2.75, 3.05) is 0 Å². The van der Waals surface area contributed by atoms with Crippen molar-refractivity contribution < 1.29 is 24.3 Å². The first-order chi connectivity index (χ1) is 15.9. The number of amides is 3. The molecule has 0 aromatic heterocycles. The minimum atomic E-state index is -1.14. The fraction of sp³-hybridized carbons (Fsp3) is 0.600. The smallest absolute Gasteiger partial charge is 0.326 e. The molecule has 0 heterocycles. The molecule has 0 saturated carbocycles. The van der Waals surface area contributed by atoms with E-state index in [0.29, 0.717) is 6.42 Å². The van der Waals surface area contributed by atoms with Gasteiger partial charge in [0, 0.05) is 6.42 Å². The highest BCUT2D eigenvalue weighted by molar-refractivity contribution is 5.94. The standard InChI is InChI=1S/C25H40N4O5/c1-7-16(6)21(25(33)34)29-22(30)18(13-17-11-9-8-10-12-17)27-24(32)20(15(4)5)28-23(31)19(26)14(2)3/h8-12,14-16,18-21H,7,13,26H2,1-6H3,(H,27,32)(H,28,31)(H,29,30)(H,33,34). The Morgan fingerprint density at radius 1 is 0.824 bits per heavy atom. The van der Waals surface area contributed by atoms with Crippen molar-refractivity contribution >= 4 is 23.7 Å². The van der Waals surface area contributed by atoms with Crippen LogP contribution >= 0.6 is 0 Å². The molecular formula is C25H40N4O5. The Labute approximate surface area is 202 Å². The van der Waals surface area contributed by atoms with Crippen LogP contribution in [0.25, 0.3) is 0 Å². The fourth-order valence-electron chi connectivity index (χ4n) is 3.34. The second-order valence-corrected chi connectivity index (χ2v) is 9.46. The van der Waals surface area contributed by atoms with Crippen molar-refractivity contribution in [3.63, 3.8) is 0 Å². The molecule has 34 heavy (non-hydrogen) atoms. The zero-order valence-corrected chi connectivity index (χ0v) is 21.0. The van der Waals surface area contributed by atoms with Crippen molar-refractivity contribution in [1.29, 1.82) is 0 Å². The van der Waals surface area contributed by atoms with Crippen molar-refractivity contribution in [2.45, 2.75) is 78.6 Å². The Morgan fingerprint density at radius 2 is 1.38 bits per heavy atom. The van der Waals surface area contributed by atoms with E-state index in [1.54, 1.807) is 20.8 Å². The number of nitrogens with one attached hydrogen (secondary N) is 3. The third-order valence-electron chi connectivity index (χ3n) is 5.96. The molecule has 0 aliphatic carbocycles. The summed E-state index contributed by atoms with van der Waals surface area (Å²) in [4.78, 5) is 50.5. The van der Waals surface area contributed by atoms with Crippen LogP contribution in [0.3, 0.4) is 0 Å². The molecule has 1 rings (SSSR count). The van der Waals surface area contributed by atoms with E-state index in [4.69, 9.17) is 5.73 Å². The molecule has 0 saturated heterocycles. The number of aliphatic carboxylic acids is 1. The van der Waals surface area contributed by atoms with Crippen molar-refractivity contribution in [3.05, 3.63) is 35.9 Å². The Kier molecular flexibility index (Phi) is 11.7. The van der Waals surface area contributed by atoms with Gasteiger partial charge in [-0.25, -0.2) is 4.79 Å². The van der Waals surface area contributed by atoms with Crippen LogP contribution in [0.1, 0.15) is 53.5 Å². The number of rotatable bonds is 13. The number of carboxylic acids is 1. The minimum Gasteiger partial charge on any atom is -0.480 e. The average Bonchev–Trinajstić information content (AvgIpc) is 2.79. The van der Waals surface area contributed by atoms with Gasteiger partial charge in [-0.3, -0.25) is 14.4 Å². The summed E-state index contributed by atoms with van der Waals surface area (Å²) in [6.45, 7) is 10.8. The van der Waals surface area contributed by atoms with Gasteiger partial charge in [0.05, 0.1) is 6.04 Å². The first-order valence-corrected chi connectivity index (χ1v) is 11.8. The van der Waals surface area contributed by atoms with Crippen LogP contribution in [0.4, 0.5) is 0 Å². The molecule has 9 nitrogen and oxygen atoms in total. The Morgan fingerprint density at radius 3 is 1.85 bits per heavy atom. The molecule has 5 unspecified atom stereocenters. The van der Waals surface area contributed by atoms with Gasteiger partial charge in [-0.2, -0.15) is 0 Å². The highest BCUT2D eigenvalue weighted by atomic mass is 16.4. The maximum absolute atomic E-state index is 13.2. The van der Waals surface area contributed by atoms with Crippen LogP contribution in [-0.4, -0.2) is 53.0 Å². The molecule has 0 aliphatic rings. The van der Waals surface area contributed by atoms with E-state index in [1.165, 1.54) is 0 Å². The van der Waals surface area contributed by atoms with Crippen LogP contribution in [0.5, 0.6) is 0 Å². The van der Waals surface area contributed by atoms with Gasteiger partial charge in [0.15, 0.2) is 0 Å². The number of hydrogen-bond donors (Lipinski definition) is 5. The van der Waals surface area contributed by atoms with Gasteiger partial charge >= 0.3 is 5.97 Å². The van der Waals surface area contributed by atoms with Gasteiger partial charge in [0.1, 0.15) is 18.1 Å². The minimum absolute atomic E-state index is 0.110. The number of carboxylic acid groups (broad SMARTS) is 1. The Balaban J connectivity index is 3.13. The summed E-state index contributed by atoms with van der Waals surface area (Å²) in [5.74, 6) is -3.40. The highest BCUT2D eigenvalue weighted by Crippen LogP contribution is 2.11. The second-order valence-electron chi connectivity index (χ2n) is 9.46. The predicted octanol–water partition coefficient (Wildman–Crippen LogP) is 1.45. The Bertz CT molecular complexity index is 828. The summed E-state index contributed by atoms with van der Waals surface area (Å²) in [6.07, 6.45) is 0.722. The summed E-state index contributed by atoms with van der Waals surface area (Å²) in [6, 6.07) is 5.31. The van der Waals surface area contributed by atoms with Crippen LogP contribution in [0, 0.1) is 17.8 Å². The van der Waals surface area contributed by atoms with Crippen LogP contribution in [0.15, 0.2) is 30.3 Å². The lowest BCUT2D eigenvalue weighted by atomic mass is 9.97. The average molecular weight is 477 g/mol. The van der Waals surface area contributed by atoms with Gasteiger partial charge in [0.2, 0.25) is 17.7 Å². The number of benzene rings is 1. The molecule has 1 aromatic rings. The van der Waals surface area contributed by atoms with E-state index in [2.05, 4.69) is 16.0 Å². The van der Waals surface area contributed by atoms with Gasteiger partial charge in [-0.05, 0) is 23.3 Å². The van der Waals surface area contributed by atoms with E-state index in [9.17, 15) is 24.3 Å². The van der Waals surface area contributed by atoms with Crippen molar-refractivity contribution in [2.24, 2.45) is 23.5 Å². The van der Waals surface area contributed by atoms with E-state index >= 15 is 0 Å². The summed E-state index contributed by atoms with van der Waals surface area (Å²) in [5, 5.41) is 17.6. The second kappa shape index (κ2) is 13.7. The topological polar surface area (TPSA) is 151 Å². The maximum Gasteiger partial charge on any atom is 0.326 e. The lowest BCUT2D eigenvalue weighted by Gasteiger charge is -2.28. The molecule has 0 bridgehead atoms. The molecule has 6 N–H and O–H groups in total.